The minimum atomic E-state index is -0.618. The topological polar surface area (TPSA) is 51.5 Å². The highest BCUT2D eigenvalue weighted by Crippen LogP contribution is 2.33. The lowest BCUT2D eigenvalue weighted by Gasteiger charge is -2.22. The second-order valence-electron chi connectivity index (χ2n) is 6.69. The summed E-state index contributed by atoms with van der Waals surface area (Å²) in [5, 5.41) is 10.6. The molecule has 1 heterocycles. The van der Waals surface area contributed by atoms with Crippen molar-refractivity contribution in [1.29, 1.82) is 0 Å². The van der Waals surface area contributed by atoms with Crippen molar-refractivity contribution in [1.82, 2.24) is 4.57 Å². The van der Waals surface area contributed by atoms with Crippen LogP contribution in [-0.4, -0.2) is 28.0 Å². The number of carbonyl (C=O) groups excluding carboxylic acids is 1. The molecule has 0 saturated carbocycles. The molecule has 1 N–H and O–H groups in total. The lowest BCUT2D eigenvalue weighted by Crippen LogP contribution is -2.27. The van der Waals surface area contributed by atoms with E-state index in [2.05, 4.69) is 6.58 Å². The van der Waals surface area contributed by atoms with E-state index in [4.69, 9.17) is 4.74 Å². The molecule has 4 nitrogen and oxygen atoms in total. The molecule has 22 heavy (non-hydrogen) atoms. The van der Waals surface area contributed by atoms with Gasteiger partial charge in [-0.05, 0) is 39.3 Å². The zero-order valence-electron chi connectivity index (χ0n) is 13.6. The number of carbonyl (C=O) groups is 1. The maximum absolute atomic E-state index is 12.4. The van der Waals surface area contributed by atoms with Gasteiger partial charge in [-0.15, -0.1) is 6.58 Å². The van der Waals surface area contributed by atoms with E-state index in [0.717, 1.165) is 16.5 Å². The van der Waals surface area contributed by atoms with Crippen molar-refractivity contribution < 1.29 is 14.6 Å². The van der Waals surface area contributed by atoms with Gasteiger partial charge in [0, 0.05) is 17.0 Å². The molecule has 0 fully saturated rings. The summed E-state index contributed by atoms with van der Waals surface area (Å²) < 4.78 is 6.95. The highest BCUT2D eigenvalue weighted by molar-refractivity contribution is 5.93. The smallest absolute Gasteiger partial charge is 0.419 e. The second-order valence-corrected chi connectivity index (χ2v) is 6.69. The van der Waals surface area contributed by atoms with Crippen LogP contribution in [0.4, 0.5) is 4.79 Å². The van der Waals surface area contributed by atoms with Crippen LogP contribution in [0.1, 0.15) is 33.3 Å². The van der Waals surface area contributed by atoms with Gasteiger partial charge >= 0.3 is 6.09 Å². The van der Waals surface area contributed by atoms with E-state index in [1.54, 1.807) is 12.3 Å². The molecule has 0 bridgehead atoms. The van der Waals surface area contributed by atoms with Gasteiger partial charge in [-0.2, -0.15) is 0 Å². The van der Waals surface area contributed by atoms with Crippen molar-refractivity contribution in [2.75, 3.05) is 6.61 Å². The van der Waals surface area contributed by atoms with Crippen LogP contribution in [0.3, 0.4) is 0 Å². The average Bonchev–Trinajstić information content (AvgIpc) is 2.85. The van der Waals surface area contributed by atoms with Crippen LogP contribution in [0, 0.1) is 0 Å². The normalized spacial score (nSPS) is 14.6. The van der Waals surface area contributed by atoms with Crippen LogP contribution in [0.15, 0.2) is 43.1 Å². The number of rotatable bonds is 3. The molecule has 1 aromatic heterocycles. The Morgan fingerprint density at radius 1 is 1.32 bits per heavy atom. The molecule has 1 atom stereocenters. The maximum atomic E-state index is 12.4. The number of para-hydroxylation sites is 1. The largest absolute Gasteiger partial charge is 0.443 e. The number of ether oxygens (including phenoxy) is 1. The number of fused-ring (bicyclic) bond motifs is 1. The molecule has 118 valence electrons. The predicted molar refractivity (Wildman–Crippen MR) is 88.2 cm³/mol. The Morgan fingerprint density at radius 3 is 2.50 bits per heavy atom. The number of hydrogen-bond donors (Lipinski definition) is 1. The van der Waals surface area contributed by atoms with Gasteiger partial charge in [0.1, 0.15) is 5.60 Å². The summed E-state index contributed by atoms with van der Waals surface area (Å²) in [5.41, 5.74) is 0.425. The summed E-state index contributed by atoms with van der Waals surface area (Å²) >= 11 is 0. The molecule has 2 rings (SSSR count). The zero-order valence-corrected chi connectivity index (χ0v) is 13.6. The molecule has 0 radical (unpaired) electrons. The molecule has 2 aromatic rings. The molecule has 1 aromatic carbocycles. The van der Waals surface area contributed by atoms with E-state index in [1.165, 1.54) is 4.57 Å². The first-order valence-corrected chi connectivity index (χ1v) is 7.30. The van der Waals surface area contributed by atoms with Gasteiger partial charge in [0.25, 0.3) is 0 Å². The van der Waals surface area contributed by atoms with Gasteiger partial charge in [-0.25, -0.2) is 4.79 Å². The fourth-order valence-corrected chi connectivity index (χ4v) is 2.36. The number of aromatic nitrogens is 1. The van der Waals surface area contributed by atoms with Gasteiger partial charge in [0.05, 0.1) is 12.1 Å². The minimum Gasteiger partial charge on any atom is -0.443 e. The fraction of sp³-hybridized carbons (Fsp3) is 0.389. The first-order chi connectivity index (χ1) is 10.2. The number of hydrogen-bond acceptors (Lipinski definition) is 3. The molecule has 0 spiro atoms. The predicted octanol–water partition coefficient (Wildman–Crippen LogP) is 3.86. The number of benzene rings is 1. The second kappa shape index (κ2) is 5.61. The van der Waals surface area contributed by atoms with E-state index >= 15 is 0 Å². The average molecular weight is 301 g/mol. The molecule has 0 aliphatic rings. The van der Waals surface area contributed by atoms with Crippen molar-refractivity contribution in [3.8, 4) is 0 Å². The molecule has 0 aliphatic carbocycles. The molecule has 4 heteroatoms. The van der Waals surface area contributed by atoms with E-state index in [0.29, 0.717) is 0 Å². The van der Waals surface area contributed by atoms with E-state index < -0.39 is 17.1 Å². The monoisotopic (exact) mass is 301 g/mol. The fourth-order valence-electron chi connectivity index (χ4n) is 2.36. The Labute approximate surface area is 131 Å². The summed E-state index contributed by atoms with van der Waals surface area (Å²) in [5.74, 6) is 0. The van der Waals surface area contributed by atoms with Gasteiger partial charge in [0.2, 0.25) is 0 Å². The molecule has 0 unspecified atom stereocenters. The third kappa shape index (κ3) is 2.92. The third-order valence-electron chi connectivity index (χ3n) is 3.70. The van der Waals surface area contributed by atoms with Crippen LogP contribution in [-0.2, 0) is 10.2 Å². The van der Waals surface area contributed by atoms with Crippen LogP contribution in [0.5, 0.6) is 0 Å². The first-order valence-electron chi connectivity index (χ1n) is 7.30. The van der Waals surface area contributed by atoms with E-state index in [9.17, 15) is 9.90 Å². The van der Waals surface area contributed by atoms with Crippen LogP contribution in [0.2, 0.25) is 0 Å². The van der Waals surface area contributed by atoms with Crippen molar-refractivity contribution in [2.45, 2.75) is 38.7 Å². The maximum Gasteiger partial charge on any atom is 0.419 e. The molecular formula is C18H23NO3. The van der Waals surface area contributed by atoms with Crippen molar-refractivity contribution in [2.24, 2.45) is 0 Å². The lowest BCUT2D eigenvalue weighted by molar-refractivity contribution is 0.0544. The summed E-state index contributed by atoms with van der Waals surface area (Å²) in [6.07, 6.45) is 3.00. The number of aliphatic hydroxyl groups is 1. The molecular weight excluding hydrogens is 278 g/mol. The Balaban J connectivity index is 2.63. The van der Waals surface area contributed by atoms with E-state index in [-0.39, 0.29) is 6.61 Å². The van der Waals surface area contributed by atoms with Crippen molar-refractivity contribution in [3.63, 3.8) is 0 Å². The first kappa shape index (κ1) is 16.3. The van der Waals surface area contributed by atoms with Crippen LogP contribution in [0.25, 0.3) is 10.9 Å². The summed E-state index contributed by atoms with van der Waals surface area (Å²) in [4.78, 5) is 12.4. The summed E-state index contributed by atoms with van der Waals surface area (Å²) in [7, 11) is 0. The van der Waals surface area contributed by atoms with Crippen molar-refractivity contribution >= 4 is 17.0 Å². The van der Waals surface area contributed by atoms with Gasteiger partial charge < -0.3 is 9.84 Å². The molecule has 0 amide bonds. The summed E-state index contributed by atoms with van der Waals surface area (Å²) in [6.45, 7) is 11.1. The highest BCUT2D eigenvalue weighted by atomic mass is 16.6. The quantitative estimate of drug-likeness (QED) is 0.876. The van der Waals surface area contributed by atoms with E-state index in [1.807, 2.05) is 52.0 Å². The number of aliphatic hydroxyl groups excluding tert-OH is 1. The Morgan fingerprint density at radius 2 is 1.95 bits per heavy atom. The molecule has 0 saturated heterocycles. The zero-order chi connectivity index (χ0) is 16.5. The standard InChI is InChI=1S/C18H23NO3/c1-6-18(5,12-20)14-11-19(16(21)22-17(2,3)4)15-10-8-7-9-13(14)15/h6-11,20H,1,12H2,2-5H3/t18-/m0/s1. The Bertz CT molecular complexity index is 709. The highest BCUT2D eigenvalue weighted by Gasteiger charge is 2.28. The van der Waals surface area contributed by atoms with Gasteiger partial charge in [-0.1, -0.05) is 24.3 Å². The SMILES string of the molecule is C=C[C@@](C)(CO)c1cn(C(=O)OC(C)(C)C)c2ccccc12. The minimum absolute atomic E-state index is 0.0845. The van der Waals surface area contributed by atoms with Crippen molar-refractivity contribution in [3.05, 3.63) is 48.7 Å². The van der Waals surface area contributed by atoms with Gasteiger partial charge in [0.15, 0.2) is 0 Å². The van der Waals surface area contributed by atoms with Gasteiger partial charge in [-0.3, -0.25) is 4.57 Å². The Kier molecular flexibility index (Phi) is 4.16. The lowest BCUT2D eigenvalue weighted by atomic mass is 9.83. The third-order valence-corrected chi connectivity index (χ3v) is 3.70. The Hall–Kier alpha value is -2.07. The van der Waals surface area contributed by atoms with Crippen LogP contribution < -0.4 is 0 Å². The number of nitrogens with zero attached hydrogens (tertiary/aromatic N) is 1. The molecule has 0 aliphatic heterocycles. The van der Waals surface area contributed by atoms with Crippen LogP contribution >= 0.6 is 0 Å². The summed E-state index contributed by atoms with van der Waals surface area (Å²) in [6, 6.07) is 7.58.